The number of nitrogens with zero attached hydrogens (tertiary/aromatic N) is 2. The number of aliphatic hydroxyl groups is 1. The Bertz CT molecular complexity index is 1140. The second-order valence-electron chi connectivity index (χ2n) is 11.9. The van der Waals surface area contributed by atoms with E-state index < -0.39 is 6.10 Å². The van der Waals surface area contributed by atoms with E-state index in [4.69, 9.17) is 4.74 Å². The number of hydrogen-bond donors (Lipinski definition) is 2. The van der Waals surface area contributed by atoms with Crippen LogP contribution >= 0.6 is 0 Å². The van der Waals surface area contributed by atoms with E-state index in [0.717, 1.165) is 17.5 Å². The third-order valence-corrected chi connectivity index (χ3v) is 7.01. The Labute approximate surface area is 229 Å². The molecule has 0 aliphatic heterocycles. The predicted molar refractivity (Wildman–Crippen MR) is 156 cm³/mol. The lowest BCUT2D eigenvalue weighted by molar-refractivity contribution is -0.134. The topological polar surface area (TPSA) is 68.8 Å². The maximum Gasteiger partial charge on any atom is 0.237 e. The highest BCUT2D eigenvalue weighted by Crippen LogP contribution is 2.23. The fraction of sp³-hybridized carbons (Fsp3) is 0.531. The number of amides is 1. The van der Waals surface area contributed by atoms with Crippen LogP contribution < -0.4 is 0 Å². The molecular weight excluding hydrogens is 474 g/mol. The van der Waals surface area contributed by atoms with Gasteiger partial charge in [0.15, 0.2) is 0 Å². The van der Waals surface area contributed by atoms with Crippen molar-refractivity contribution >= 4 is 16.8 Å². The van der Waals surface area contributed by atoms with E-state index in [1.54, 1.807) is 0 Å². The van der Waals surface area contributed by atoms with Gasteiger partial charge < -0.3 is 19.7 Å². The van der Waals surface area contributed by atoms with Crippen molar-refractivity contribution in [1.82, 2.24) is 14.8 Å². The van der Waals surface area contributed by atoms with Crippen molar-refractivity contribution < 1.29 is 14.6 Å². The van der Waals surface area contributed by atoms with Gasteiger partial charge in [-0.15, -0.1) is 0 Å². The number of ether oxygens (including phenoxy) is 1. The van der Waals surface area contributed by atoms with Crippen LogP contribution in [0.2, 0.25) is 0 Å². The molecule has 2 N–H and O–H groups in total. The Morgan fingerprint density at radius 3 is 2.34 bits per heavy atom. The van der Waals surface area contributed by atoms with Gasteiger partial charge in [0.05, 0.1) is 25.4 Å². The van der Waals surface area contributed by atoms with Gasteiger partial charge in [-0.05, 0) is 62.3 Å². The first-order valence-electron chi connectivity index (χ1n) is 13.9. The summed E-state index contributed by atoms with van der Waals surface area (Å²) >= 11 is 0. The molecule has 1 heterocycles. The molecular formula is C32H47N3O3. The van der Waals surface area contributed by atoms with E-state index in [1.165, 1.54) is 16.5 Å². The summed E-state index contributed by atoms with van der Waals surface area (Å²) < 4.78 is 5.59. The van der Waals surface area contributed by atoms with Crippen LogP contribution in [0.3, 0.4) is 0 Å². The lowest BCUT2D eigenvalue weighted by Crippen LogP contribution is -2.46. The number of nitrogens with one attached hydrogen (secondary N) is 1. The fourth-order valence-corrected chi connectivity index (χ4v) is 4.57. The second-order valence-corrected chi connectivity index (χ2v) is 11.9. The molecule has 0 saturated heterocycles. The number of H-pyrrole nitrogens is 1. The quantitative estimate of drug-likeness (QED) is 0.310. The number of carbonyl (C=O) groups is 1. The van der Waals surface area contributed by atoms with E-state index >= 15 is 0 Å². The minimum absolute atomic E-state index is 0.0588. The number of aromatic amines is 1. The molecule has 0 saturated carbocycles. The van der Waals surface area contributed by atoms with Crippen molar-refractivity contribution in [3.63, 3.8) is 0 Å². The number of benzene rings is 2. The summed E-state index contributed by atoms with van der Waals surface area (Å²) in [7, 11) is 0. The number of carbonyl (C=O) groups excluding carboxylic acids is 1. The zero-order valence-electron chi connectivity index (χ0n) is 24.3. The van der Waals surface area contributed by atoms with Gasteiger partial charge in [-0.25, -0.2) is 0 Å². The highest BCUT2D eigenvalue weighted by Gasteiger charge is 2.23. The van der Waals surface area contributed by atoms with Gasteiger partial charge in [-0.2, -0.15) is 0 Å². The van der Waals surface area contributed by atoms with Crippen LogP contribution in [0.15, 0.2) is 54.7 Å². The fourth-order valence-electron chi connectivity index (χ4n) is 4.57. The molecule has 1 unspecified atom stereocenters. The average molecular weight is 522 g/mol. The Kier molecular flexibility index (Phi) is 10.5. The summed E-state index contributed by atoms with van der Waals surface area (Å²) in [5.41, 5.74) is 4.81. The first kappa shape index (κ1) is 29.9. The van der Waals surface area contributed by atoms with Crippen LogP contribution in [0.5, 0.6) is 0 Å². The molecule has 3 rings (SSSR count). The van der Waals surface area contributed by atoms with E-state index in [2.05, 4.69) is 82.2 Å². The number of aliphatic hydroxyl groups excluding tert-OH is 1. The summed E-state index contributed by atoms with van der Waals surface area (Å²) in [6.45, 7) is 16.7. The minimum atomic E-state index is -0.641. The van der Waals surface area contributed by atoms with Crippen molar-refractivity contribution in [2.75, 3.05) is 26.2 Å². The molecule has 2 aromatic carbocycles. The number of para-hydroxylation sites is 1. The maximum atomic E-state index is 13.7. The SMILES string of the molecule is CC(C)OCC(O)CN(CC(=O)N(CCc1c[nH]c2ccccc12)Cc1ccc(C(C)(C)C)cc1)C(C)C. The monoisotopic (exact) mass is 521 g/mol. The molecule has 1 amide bonds. The van der Waals surface area contributed by atoms with Crippen molar-refractivity contribution in [1.29, 1.82) is 0 Å². The molecule has 0 bridgehead atoms. The number of rotatable bonds is 13. The van der Waals surface area contributed by atoms with Crippen molar-refractivity contribution in [3.05, 3.63) is 71.4 Å². The number of aromatic nitrogens is 1. The minimum Gasteiger partial charge on any atom is -0.389 e. The first-order chi connectivity index (χ1) is 17.9. The average Bonchev–Trinajstić information content (AvgIpc) is 3.27. The zero-order valence-corrected chi connectivity index (χ0v) is 24.3. The van der Waals surface area contributed by atoms with Crippen LogP contribution in [0, 0.1) is 0 Å². The molecule has 0 aliphatic rings. The zero-order chi connectivity index (χ0) is 27.9. The highest BCUT2D eigenvalue weighted by atomic mass is 16.5. The molecule has 6 heteroatoms. The number of hydrogen-bond acceptors (Lipinski definition) is 4. The lowest BCUT2D eigenvalue weighted by atomic mass is 9.87. The van der Waals surface area contributed by atoms with Gasteiger partial charge in [-0.1, -0.05) is 63.2 Å². The smallest absolute Gasteiger partial charge is 0.237 e. The molecule has 208 valence electrons. The Morgan fingerprint density at radius 2 is 1.71 bits per heavy atom. The molecule has 0 aliphatic carbocycles. The van der Waals surface area contributed by atoms with Crippen molar-refractivity contribution in [2.45, 2.75) is 85.1 Å². The molecule has 0 radical (unpaired) electrons. The Hall–Kier alpha value is -2.67. The predicted octanol–water partition coefficient (Wildman–Crippen LogP) is 5.53. The Balaban J connectivity index is 1.75. The van der Waals surface area contributed by atoms with Crippen molar-refractivity contribution in [3.8, 4) is 0 Å². The van der Waals surface area contributed by atoms with Gasteiger partial charge in [0.2, 0.25) is 5.91 Å². The molecule has 1 atom stereocenters. The maximum absolute atomic E-state index is 13.7. The van der Waals surface area contributed by atoms with Crippen LogP contribution in [0.4, 0.5) is 0 Å². The van der Waals surface area contributed by atoms with Crippen LogP contribution in [-0.4, -0.2) is 70.3 Å². The van der Waals surface area contributed by atoms with Crippen LogP contribution in [0.25, 0.3) is 10.9 Å². The van der Waals surface area contributed by atoms with Gasteiger partial charge in [0.1, 0.15) is 0 Å². The standard InChI is InChI=1S/C32H47N3O3/c1-23(2)35(20-28(36)22-38-24(3)4)21-31(37)34(19-25-12-14-27(15-13-25)32(5,6)7)17-16-26-18-33-30-11-9-8-10-29(26)30/h8-15,18,23-24,28,33,36H,16-17,19-22H2,1-7H3. The van der Waals surface area contributed by atoms with Crippen LogP contribution in [-0.2, 0) is 27.9 Å². The van der Waals surface area contributed by atoms with E-state index in [9.17, 15) is 9.90 Å². The summed E-state index contributed by atoms with van der Waals surface area (Å²) in [5.74, 6) is 0.0652. The molecule has 0 spiro atoms. The van der Waals surface area contributed by atoms with Gasteiger partial charge in [0.25, 0.3) is 0 Å². The molecule has 38 heavy (non-hydrogen) atoms. The summed E-state index contributed by atoms with van der Waals surface area (Å²) in [4.78, 5) is 21.1. The van der Waals surface area contributed by atoms with E-state index in [1.807, 2.05) is 35.8 Å². The van der Waals surface area contributed by atoms with Gasteiger partial charge >= 0.3 is 0 Å². The highest BCUT2D eigenvalue weighted by molar-refractivity contribution is 5.83. The summed E-state index contributed by atoms with van der Waals surface area (Å²) in [5, 5.41) is 11.7. The lowest BCUT2D eigenvalue weighted by Gasteiger charge is -2.31. The largest absolute Gasteiger partial charge is 0.389 e. The van der Waals surface area contributed by atoms with Gasteiger partial charge in [-0.3, -0.25) is 9.69 Å². The Morgan fingerprint density at radius 1 is 1.03 bits per heavy atom. The third-order valence-electron chi connectivity index (χ3n) is 7.01. The van der Waals surface area contributed by atoms with Crippen molar-refractivity contribution in [2.24, 2.45) is 0 Å². The van der Waals surface area contributed by atoms with E-state index in [-0.39, 0.29) is 36.6 Å². The number of fused-ring (bicyclic) bond motifs is 1. The second kappa shape index (κ2) is 13.4. The van der Waals surface area contributed by atoms with Crippen LogP contribution in [0.1, 0.15) is 65.2 Å². The molecule has 1 aromatic heterocycles. The summed E-state index contributed by atoms with van der Waals surface area (Å²) in [6.07, 6.45) is 2.24. The van der Waals surface area contributed by atoms with Gasteiger partial charge in [0, 0.05) is 42.8 Å². The molecule has 0 fully saturated rings. The molecule has 6 nitrogen and oxygen atoms in total. The molecule has 3 aromatic rings. The normalized spacial score (nSPS) is 13.1. The van der Waals surface area contributed by atoms with E-state index in [0.29, 0.717) is 19.6 Å². The first-order valence-corrected chi connectivity index (χ1v) is 13.9. The summed E-state index contributed by atoms with van der Waals surface area (Å²) in [6, 6.07) is 17.0. The third kappa shape index (κ3) is 8.69.